The van der Waals surface area contributed by atoms with Crippen LogP contribution in [0.1, 0.15) is 17.3 Å². The van der Waals surface area contributed by atoms with Crippen LogP contribution < -0.4 is 9.47 Å². The van der Waals surface area contributed by atoms with Crippen LogP contribution in [-0.4, -0.2) is 31.8 Å². The monoisotopic (exact) mass is 249 g/mol. The normalized spacial score (nSPS) is 10.4. The van der Waals surface area contributed by atoms with Gasteiger partial charge in [0.15, 0.2) is 0 Å². The van der Waals surface area contributed by atoms with E-state index in [2.05, 4.69) is 4.98 Å². The Kier molecular flexibility index (Phi) is 3.41. The summed E-state index contributed by atoms with van der Waals surface area (Å²) < 4.78 is 15.5. The number of aromatic amines is 1. The van der Waals surface area contributed by atoms with Crippen LogP contribution in [0, 0.1) is 0 Å². The lowest BCUT2D eigenvalue weighted by molar-refractivity contribution is 0.0528. The van der Waals surface area contributed by atoms with E-state index >= 15 is 0 Å². The number of ether oxygens (including phenoxy) is 3. The Bertz CT molecular complexity index is 574. The highest BCUT2D eigenvalue weighted by molar-refractivity contribution is 6.08. The van der Waals surface area contributed by atoms with Gasteiger partial charge in [-0.2, -0.15) is 0 Å². The van der Waals surface area contributed by atoms with Crippen molar-refractivity contribution in [2.45, 2.75) is 6.92 Å². The van der Waals surface area contributed by atoms with Crippen molar-refractivity contribution in [3.05, 3.63) is 23.9 Å². The minimum absolute atomic E-state index is 0.331. The van der Waals surface area contributed by atoms with Gasteiger partial charge in [0.2, 0.25) is 0 Å². The molecule has 0 saturated heterocycles. The minimum Gasteiger partial charge on any atom is -0.496 e. The van der Waals surface area contributed by atoms with Gasteiger partial charge < -0.3 is 19.2 Å². The van der Waals surface area contributed by atoms with Gasteiger partial charge in [-0.15, -0.1) is 0 Å². The molecule has 0 radical (unpaired) electrons. The smallest absolute Gasteiger partial charge is 0.340 e. The van der Waals surface area contributed by atoms with Crippen molar-refractivity contribution in [3.63, 3.8) is 0 Å². The van der Waals surface area contributed by atoms with Gasteiger partial charge in [0.25, 0.3) is 0 Å². The number of benzene rings is 1. The number of carbonyl (C=O) groups excluding carboxylic acids is 1. The summed E-state index contributed by atoms with van der Waals surface area (Å²) in [7, 11) is 3.13. The molecule has 1 aromatic carbocycles. The molecular formula is C13H15NO4. The first-order valence-corrected chi connectivity index (χ1v) is 5.62. The van der Waals surface area contributed by atoms with E-state index in [9.17, 15) is 4.79 Å². The second-order valence-electron chi connectivity index (χ2n) is 3.64. The summed E-state index contributed by atoms with van der Waals surface area (Å²) in [5.74, 6) is 0.881. The van der Waals surface area contributed by atoms with E-state index < -0.39 is 0 Å². The fourth-order valence-corrected chi connectivity index (χ4v) is 1.90. The van der Waals surface area contributed by atoms with Crippen molar-refractivity contribution in [1.82, 2.24) is 4.98 Å². The van der Waals surface area contributed by atoms with E-state index in [-0.39, 0.29) is 5.97 Å². The lowest BCUT2D eigenvalue weighted by Gasteiger charge is -2.07. The maximum atomic E-state index is 11.8. The van der Waals surface area contributed by atoms with Crippen LogP contribution in [-0.2, 0) is 4.74 Å². The highest BCUT2D eigenvalue weighted by atomic mass is 16.5. The molecule has 0 saturated carbocycles. The molecule has 0 spiro atoms. The number of H-pyrrole nitrogens is 1. The molecule has 0 bridgehead atoms. The largest absolute Gasteiger partial charge is 0.496 e. The van der Waals surface area contributed by atoms with Crippen molar-refractivity contribution in [2.75, 3.05) is 20.8 Å². The number of rotatable bonds is 4. The first kappa shape index (κ1) is 12.3. The van der Waals surface area contributed by atoms with Crippen LogP contribution in [0.2, 0.25) is 0 Å². The van der Waals surface area contributed by atoms with Crippen molar-refractivity contribution < 1.29 is 19.0 Å². The lowest BCUT2D eigenvalue weighted by atomic mass is 10.1. The SMILES string of the molecule is CCOC(=O)c1c[nH]c2c(OC)ccc(OC)c12. The first-order chi connectivity index (χ1) is 8.72. The van der Waals surface area contributed by atoms with Crippen LogP contribution in [0.5, 0.6) is 11.5 Å². The zero-order valence-corrected chi connectivity index (χ0v) is 10.6. The first-order valence-electron chi connectivity index (χ1n) is 5.62. The topological polar surface area (TPSA) is 60.6 Å². The minimum atomic E-state index is -0.379. The molecule has 1 heterocycles. The second-order valence-corrected chi connectivity index (χ2v) is 3.64. The molecule has 0 amide bonds. The Balaban J connectivity index is 2.65. The molecule has 0 fully saturated rings. The molecule has 96 valence electrons. The number of fused-ring (bicyclic) bond motifs is 1. The van der Waals surface area contributed by atoms with E-state index in [4.69, 9.17) is 14.2 Å². The van der Waals surface area contributed by atoms with E-state index in [0.717, 1.165) is 5.52 Å². The summed E-state index contributed by atoms with van der Waals surface area (Å²) >= 11 is 0. The summed E-state index contributed by atoms with van der Waals surface area (Å²) in [6.07, 6.45) is 1.60. The molecule has 1 N–H and O–H groups in total. The predicted octanol–water partition coefficient (Wildman–Crippen LogP) is 2.36. The molecule has 2 rings (SSSR count). The molecule has 0 unspecified atom stereocenters. The van der Waals surface area contributed by atoms with E-state index in [1.807, 2.05) is 0 Å². The van der Waals surface area contributed by atoms with Crippen molar-refractivity contribution >= 4 is 16.9 Å². The van der Waals surface area contributed by atoms with Gasteiger partial charge in [-0.1, -0.05) is 0 Å². The molecule has 18 heavy (non-hydrogen) atoms. The van der Waals surface area contributed by atoms with Crippen LogP contribution in [0.3, 0.4) is 0 Å². The number of esters is 1. The summed E-state index contributed by atoms with van der Waals surface area (Å²) in [5.41, 5.74) is 1.17. The van der Waals surface area contributed by atoms with Crippen LogP contribution in [0.15, 0.2) is 18.3 Å². The predicted molar refractivity (Wildman–Crippen MR) is 67.4 cm³/mol. The third-order valence-electron chi connectivity index (χ3n) is 2.69. The zero-order valence-electron chi connectivity index (χ0n) is 10.6. The molecular weight excluding hydrogens is 234 g/mol. The lowest BCUT2D eigenvalue weighted by Crippen LogP contribution is -2.04. The Morgan fingerprint density at radius 3 is 2.50 bits per heavy atom. The summed E-state index contributed by atoms with van der Waals surface area (Å²) in [6.45, 7) is 2.10. The standard InChI is InChI=1S/C13H15NO4/c1-4-18-13(15)8-7-14-12-10(17-3)6-5-9(16-2)11(8)12/h5-7,14H,4H2,1-3H3. The molecule has 0 aliphatic rings. The highest BCUT2D eigenvalue weighted by Crippen LogP contribution is 2.35. The Hall–Kier alpha value is -2.17. The fraction of sp³-hybridized carbons (Fsp3) is 0.308. The van der Waals surface area contributed by atoms with Crippen LogP contribution >= 0.6 is 0 Å². The van der Waals surface area contributed by atoms with Crippen molar-refractivity contribution in [1.29, 1.82) is 0 Å². The average Bonchev–Trinajstić information content (AvgIpc) is 2.82. The number of nitrogens with one attached hydrogen (secondary N) is 1. The maximum Gasteiger partial charge on any atom is 0.340 e. The van der Waals surface area contributed by atoms with E-state index in [0.29, 0.717) is 29.1 Å². The van der Waals surface area contributed by atoms with E-state index in [1.54, 1.807) is 39.5 Å². The molecule has 2 aromatic rings. The van der Waals surface area contributed by atoms with Gasteiger partial charge in [-0.05, 0) is 19.1 Å². The number of methoxy groups -OCH3 is 2. The highest BCUT2D eigenvalue weighted by Gasteiger charge is 2.19. The summed E-state index contributed by atoms with van der Waals surface area (Å²) in [5, 5.41) is 0.676. The molecule has 1 aromatic heterocycles. The van der Waals surface area contributed by atoms with Gasteiger partial charge in [-0.25, -0.2) is 4.79 Å². The molecule has 5 nitrogen and oxygen atoms in total. The van der Waals surface area contributed by atoms with Gasteiger partial charge in [0.1, 0.15) is 11.5 Å². The van der Waals surface area contributed by atoms with Gasteiger partial charge >= 0.3 is 5.97 Å². The quantitative estimate of drug-likeness (QED) is 0.845. The summed E-state index contributed by atoms with van der Waals surface area (Å²) in [6, 6.07) is 3.55. The van der Waals surface area contributed by atoms with Gasteiger partial charge in [0.05, 0.1) is 37.3 Å². The third kappa shape index (κ3) is 1.88. The average molecular weight is 249 g/mol. The van der Waals surface area contributed by atoms with Crippen LogP contribution in [0.4, 0.5) is 0 Å². The fourth-order valence-electron chi connectivity index (χ4n) is 1.90. The molecule has 0 aliphatic carbocycles. The van der Waals surface area contributed by atoms with Crippen molar-refractivity contribution in [3.8, 4) is 11.5 Å². The van der Waals surface area contributed by atoms with Crippen LogP contribution in [0.25, 0.3) is 10.9 Å². The number of aromatic nitrogens is 1. The van der Waals surface area contributed by atoms with Crippen molar-refractivity contribution in [2.24, 2.45) is 0 Å². The number of hydrogen-bond donors (Lipinski definition) is 1. The Morgan fingerprint density at radius 2 is 1.89 bits per heavy atom. The zero-order chi connectivity index (χ0) is 13.1. The van der Waals surface area contributed by atoms with E-state index in [1.165, 1.54) is 0 Å². The number of carbonyl (C=O) groups is 1. The van der Waals surface area contributed by atoms with Gasteiger partial charge in [0, 0.05) is 6.20 Å². The molecule has 0 atom stereocenters. The van der Waals surface area contributed by atoms with Gasteiger partial charge in [-0.3, -0.25) is 0 Å². The Labute approximate surface area is 105 Å². The third-order valence-corrected chi connectivity index (χ3v) is 2.69. The maximum absolute atomic E-state index is 11.8. The second kappa shape index (κ2) is 5.00. The Morgan fingerprint density at radius 1 is 1.22 bits per heavy atom. The molecule has 5 heteroatoms. The summed E-state index contributed by atoms with van der Waals surface area (Å²) in [4.78, 5) is 14.9. The number of hydrogen-bond acceptors (Lipinski definition) is 4. The molecule has 0 aliphatic heterocycles.